The highest BCUT2D eigenvalue weighted by Crippen LogP contribution is 2.33. The first-order valence-corrected chi connectivity index (χ1v) is 9.71. The third-order valence-electron chi connectivity index (χ3n) is 5.42. The van der Waals surface area contributed by atoms with Crippen LogP contribution >= 0.6 is 0 Å². The van der Waals surface area contributed by atoms with Crippen molar-refractivity contribution >= 4 is 5.91 Å². The first-order valence-electron chi connectivity index (χ1n) is 9.71. The molecule has 1 amide bonds. The predicted octanol–water partition coefficient (Wildman–Crippen LogP) is 4.05. The highest BCUT2D eigenvalue weighted by Gasteiger charge is 2.32. The minimum Gasteiger partial charge on any atom is -0.348 e. The maximum atomic E-state index is 14.6. The molecule has 0 aliphatic carbocycles. The van der Waals surface area contributed by atoms with Crippen LogP contribution in [0.2, 0.25) is 0 Å². The van der Waals surface area contributed by atoms with E-state index in [1.807, 2.05) is 60.5 Å². The average Bonchev–Trinajstić information content (AvgIpc) is 3.18. The van der Waals surface area contributed by atoms with E-state index in [2.05, 4.69) is 9.88 Å². The van der Waals surface area contributed by atoms with Gasteiger partial charge in [0.1, 0.15) is 11.6 Å². The monoisotopic (exact) mass is 395 g/mol. The lowest BCUT2D eigenvalue weighted by Gasteiger charge is -2.37. The number of halogens is 2. The van der Waals surface area contributed by atoms with Crippen molar-refractivity contribution in [3.63, 3.8) is 0 Å². The van der Waals surface area contributed by atoms with E-state index in [1.165, 1.54) is 12.1 Å². The molecule has 1 N–H and O–H groups in total. The van der Waals surface area contributed by atoms with Crippen molar-refractivity contribution in [2.75, 3.05) is 13.1 Å². The summed E-state index contributed by atoms with van der Waals surface area (Å²) in [4.78, 5) is 14.7. The molecule has 1 aromatic heterocycles. The Morgan fingerprint density at radius 2 is 1.90 bits per heavy atom. The predicted molar refractivity (Wildman–Crippen MR) is 107 cm³/mol. The summed E-state index contributed by atoms with van der Waals surface area (Å²) in [5.74, 6) is -1.35. The minimum absolute atomic E-state index is 0.127. The molecule has 0 fully saturated rings. The standard InChI is InChI=1S/C23H23F2N3O/c1-16(17-6-3-2-4-7-17)26-22(29)15-28-13-12-27-11-5-8-21(27)23(28)19-10-9-18(24)14-20(19)25/h2-11,14,16,23H,12-13,15H2,1H3,(H,26,29). The van der Waals surface area contributed by atoms with Gasteiger partial charge in [0.2, 0.25) is 5.91 Å². The second-order valence-electron chi connectivity index (χ2n) is 7.37. The Balaban J connectivity index is 1.56. The zero-order valence-corrected chi connectivity index (χ0v) is 16.2. The van der Waals surface area contributed by atoms with E-state index < -0.39 is 17.7 Å². The highest BCUT2D eigenvalue weighted by molar-refractivity contribution is 5.78. The van der Waals surface area contributed by atoms with Crippen LogP contribution in [-0.2, 0) is 11.3 Å². The van der Waals surface area contributed by atoms with E-state index >= 15 is 0 Å². The molecule has 1 aliphatic heterocycles. The average molecular weight is 395 g/mol. The maximum Gasteiger partial charge on any atom is 0.234 e. The molecule has 2 atom stereocenters. The molecule has 2 aromatic carbocycles. The van der Waals surface area contributed by atoms with Crippen molar-refractivity contribution in [2.24, 2.45) is 0 Å². The number of carbonyl (C=O) groups excluding carboxylic acids is 1. The zero-order valence-electron chi connectivity index (χ0n) is 16.2. The molecular formula is C23H23F2N3O. The summed E-state index contributed by atoms with van der Waals surface area (Å²) in [6.07, 6.45) is 1.94. The van der Waals surface area contributed by atoms with Crippen molar-refractivity contribution in [1.29, 1.82) is 0 Å². The number of amides is 1. The second-order valence-corrected chi connectivity index (χ2v) is 7.37. The SMILES string of the molecule is CC(NC(=O)CN1CCn2cccc2C1c1ccc(F)cc1F)c1ccccc1. The maximum absolute atomic E-state index is 14.6. The Bertz CT molecular complexity index is 1000. The smallest absolute Gasteiger partial charge is 0.234 e. The minimum atomic E-state index is -0.613. The Kier molecular flexibility index (Phi) is 5.45. The Hall–Kier alpha value is -2.99. The van der Waals surface area contributed by atoms with Gasteiger partial charge >= 0.3 is 0 Å². The van der Waals surface area contributed by atoms with Gasteiger partial charge in [0.15, 0.2) is 0 Å². The molecule has 1 aliphatic rings. The van der Waals surface area contributed by atoms with Crippen molar-refractivity contribution < 1.29 is 13.6 Å². The number of hydrogen-bond donors (Lipinski definition) is 1. The molecule has 2 unspecified atom stereocenters. The van der Waals surface area contributed by atoms with Gasteiger partial charge in [-0.3, -0.25) is 9.69 Å². The number of hydrogen-bond acceptors (Lipinski definition) is 2. The molecule has 2 heterocycles. The van der Waals surface area contributed by atoms with Crippen LogP contribution in [0, 0.1) is 11.6 Å². The van der Waals surface area contributed by atoms with Crippen LogP contribution in [0.5, 0.6) is 0 Å². The first kappa shape index (κ1) is 19.3. The summed E-state index contributed by atoms with van der Waals surface area (Å²) in [6, 6.07) is 16.6. The third-order valence-corrected chi connectivity index (χ3v) is 5.42. The number of aromatic nitrogens is 1. The van der Waals surface area contributed by atoms with Crippen molar-refractivity contribution in [3.8, 4) is 0 Å². The number of nitrogens with zero attached hydrogens (tertiary/aromatic N) is 2. The third kappa shape index (κ3) is 4.07. The van der Waals surface area contributed by atoms with Crippen LogP contribution < -0.4 is 5.32 Å². The number of benzene rings is 2. The summed E-state index contributed by atoms with van der Waals surface area (Å²) in [5, 5.41) is 3.02. The molecule has 3 aromatic rings. The van der Waals surface area contributed by atoms with Crippen LogP contribution in [0.1, 0.15) is 35.8 Å². The van der Waals surface area contributed by atoms with Gasteiger partial charge in [-0.05, 0) is 30.7 Å². The molecule has 0 bridgehead atoms. The lowest BCUT2D eigenvalue weighted by molar-refractivity contribution is -0.123. The van der Waals surface area contributed by atoms with E-state index in [4.69, 9.17) is 0 Å². The largest absolute Gasteiger partial charge is 0.348 e. The molecule has 0 saturated heterocycles. The van der Waals surface area contributed by atoms with E-state index in [0.29, 0.717) is 18.7 Å². The first-order chi connectivity index (χ1) is 14.0. The summed E-state index contributed by atoms with van der Waals surface area (Å²) in [5.41, 5.74) is 2.29. The fraction of sp³-hybridized carbons (Fsp3) is 0.261. The molecule has 4 nitrogen and oxygen atoms in total. The van der Waals surface area contributed by atoms with Gasteiger partial charge in [-0.1, -0.05) is 36.4 Å². The van der Waals surface area contributed by atoms with Crippen LogP contribution in [0.3, 0.4) is 0 Å². The van der Waals surface area contributed by atoms with Crippen molar-refractivity contribution in [2.45, 2.75) is 25.6 Å². The number of nitrogens with one attached hydrogen (secondary N) is 1. The second kappa shape index (κ2) is 8.17. The van der Waals surface area contributed by atoms with Gasteiger partial charge in [0.05, 0.1) is 18.6 Å². The molecule has 0 spiro atoms. The molecule has 0 saturated carbocycles. The number of carbonyl (C=O) groups is 1. The van der Waals surface area contributed by atoms with Crippen LogP contribution in [0.15, 0.2) is 66.9 Å². The Labute approximate surface area is 168 Å². The molecule has 0 radical (unpaired) electrons. The van der Waals surface area contributed by atoms with E-state index in [9.17, 15) is 13.6 Å². The highest BCUT2D eigenvalue weighted by atomic mass is 19.1. The summed E-state index contributed by atoms with van der Waals surface area (Å²) in [6.45, 7) is 3.37. The van der Waals surface area contributed by atoms with Crippen LogP contribution in [0.25, 0.3) is 0 Å². The van der Waals surface area contributed by atoms with Gasteiger partial charge < -0.3 is 9.88 Å². The topological polar surface area (TPSA) is 37.3 Å². The van der Waals surface area contributed by atoms with Crippen LogP contribution in [0.4, 0.5) is 8.78 Å². The van der Waals surface area contributed by atoms with Gasteiger partial charge in [0, 0.05) is 36.6 Å². The molecular weight excluding hydrogens is 372 g/mol. The van der Waals surface area contributed by atoms with Crippen molar-refractivity contribution in [3.05, 3.63) is 95.3 Å². The fourth-order valence-electron chi connectivity index (χ4n) is 3.98. The van der Waals surface area contributed by atoms with Crippen molar-refractivity contribution in [1.82, 2.24) is 14.8 Å². The van der Waals surface area contributed by atoms with Gasteiger partial charge in [-0.25, -0.2) is 8.78 Å². The summed E-state index contributed by atoms with van der Waals surface area (Å²) < 4.78 is 30.1. The fourth-order valence-corrected chi connectivity index (χ4v) is 3.98. The van der Waals surface area contributed by atoms with Gasteiger partial charge in [0.25, 0.3) is 0 Å². The van der Waals surface area contributed by atoms with E-state index in [-0.39, 0.29) is 18.5 Å². The lowest BCUT2D eigenvalue weighted by atomic mass is 9.99. The lowest BCUT2D eigenvalue weighted by Crippen LogP contribution is -2.45. The zero-order chi connectivity index (χ0) is 20.4. The van der Waals surface area contributed by atoms with Crippen LogP contribution in [-0.4, -0.2) is 28.5 Å². The summed E-state index contributed by atoms with van der Waals surface area (Å²) in [7, 11) is 0. The quantitative estimate of drug-likeness (QED) is 0.708. The summed E-state index contributed by atoms with van der Waals surface area (Å²) >= 11 is 0. The normalized spacial score (nSPS) is 17.6. The molecule has 29 heavy (non-hydrogen) atoms. The van der Waals surface area contributed by atoms with E-state index in [0.717, 1.165) is 17.3 Å². The Morgan fingerprint density at radius 1 is 1.10 bits per heavy atom. The number of rotatable bonds is 5. The Morgan fingerprint density at radius 3 is 2.66 bits per heavy atom. The van der Waals surface area contributed by atoms with Gasteiger partial charge in [-0.15, -0.1) is 0 Å². The molecule has 4 rings (SSSR count). The van der Waals surface area contributed by atoms with E-state index in [1.54, 1.807) is 0 Å². The number of fused-ring (bicyclic) bond motifs is 1. The van der Waals surface area contributed by atoms with Gasteiger partial charge in [-0.2, -0.15) is 0 Å². The molecule has 150 valence electrons. The molecule has 6 heteroatoms.